The highest BCUT2D eigenvalue weighted by Crippen LogP contribution is 2.40. The summed E-state index contributed by atoms with van der Waals surface area (Å²) in [7, 11) is 4.59. The highest BCUT2D eigenvalue weighted by atomic mass is 32.1. The van der Waals surface area contributed by atoms with Gasteiger partial charge in [-0.2, -0.15) is 0 Å². The number of thiazole rings is 1. The molecule has 31 heavy (non-hydrogen) atoms. The van der Waals surface area contributed by atoms with E-state index in [-0.39, 0.29) is 5.91 Å². The van der Waals surface area contributed by atoms with Gasteiger partial charge in [0.2, 0.25) is 5.75 Å². The quantitative estimate of drug-likeness (QED) is 0.448. The first-order valence-corrected chi connectivity index (χ1v) is 10.3. The Kier molecular flexibility index (Phi) is 5.90. The molecule has 4 aromatic rings. The number of nitrogens with zero attached hydrogens (tertiary/aromatic N) is 2. The Balaban J connectivity index is 1.73. The summed E-state index contributed by atoms with van der Waals surface area (Å²) in [6.45, 7) is 0. The molecule has 0 unspecified atom stereocenters. The van der Waals surface area contributed by atoms with Crippen molar-refractivity contribution < 1.29 is 19.0 Å². The summed E-state index contributed by atoms with van der Waals surface area (Å²) < 4.78 is 18.0. The number of nitrogens with one attached hydrogen (secondary N) is 1. The minimum absolute atomic E-state index is 0.274. The van der Waals surface area contributed by atoms with E-state index in [1.165, 1.54) is 32.7 Å². The Morgan fingerprint density at radius 2 is 1.58 bits per heavy atom. The fourth-order valence-electron chi connectivity index (χ4n) is 3.17. The number of aromatic nitrogens is 2. The van der Waals surface area contributed by atoms with Crippen LogP contribution in [0.25, 0.3) is 16.4 Å². The van der Waals surface area contributed by atoms with Gasteiger partial charge in [0.25, 0.3) is 5.91 Å². The van der Waals surface area contributed by atoms with Gasteiger partial charge in [0, 0.05) is 35.8 Å². The lowest BCUT2D eigenvalue weighted by molar-refractivity contribution is 0.103. The van der Waals surface area contributed by atoms with Gasteiger partial charge in [0.15, 0.2) is 16.6 Å². The molecular weight excluding hydrogens is 414 g/mol. The van der Waals surface area contributed by atoms with Gasteiger partial charge in [-0.05, 0) is 12.1 Å². The minimum atomic E-state index is -0.274. The molecule has 7 nitrogen and oxygen atoms in total. The maximum Gasteiger partial charge on any atom is 0.268 e. The Morgan fingerprint density at radius 1 is 0.935 bits per heavy atom. The highest BCUT2D eigenvalue weighted by Gasteiger charge is 2.22. The van der Waals surface area contributed by atoms with Crippen LogP contribution < -0.4 is 19.5 Å². The van der Waals surface area contributed by atoms with Crippen LogP contribution in [0.1, 0.15) is 9.67 Å². The van der Waals surface area contributed by atoms with Crippen molar-refractivity contribution in [2.45, 2.75) is 0 Å². The normalized spacial score (nSPS) is 10.5. The third-order valence-electron chi connectivity index (χ3n) is 4.62. The van der Waals surface area contributed by atoms with Gasteiger partial charge in [-0.15, -0.1) is 0 Å². The van der Waals surface area contributed by atoms with Crippen molar-refractivity contribution in [2.24, 2.45) is 0 Å². The van der Waals surface area contributed by atoms with Crippen LogP contribution >= 0.6 is 11.3 Å². The molecule has 0 spiro atoms. The summed E-state index contributed by atoms with van der Waals surface area (Å²) in [5.74, 6) is 1.10. The number of hydrogen-bond donors (Lipinski definition) is 1. The third kappa shape index (κ3) is 4.10. The Hall–Kier alpha value is -3.78. The van der Waals surface area contributed by atoms with Gasteiger partial charge in [-0.1, -0.05) is 41.7 Å². The molecule has 0 aliphatic carbocycles. The van der Waals surface area contributed by atoms with E-state index in [0.29, 0.717) is 38.6 Å². The molecule has 0 radical (unpaired) electrons. The monoisotopic (exact) mass is 435 g/mol. The van der Waals surface area contributed by atoms with E-state index in [2.05, 4.69) is 5.32 Å². The van der Waals surface area contributed by atoms with Gasteiger partial charge in [-0.3, -0.25) is 4.79 Å². The Morgan fingerprint density at radius 3 is 2.16 bits per heavy atom. The number of amides is 1. The number of rotatable bonds is 7. The third-order valence-corrected chi connectivity index (χ3v) is 5.68. The van der Waals surface area contributed by atoms with E-state index >= 15 is 0 Å². The number of carbonyl (C=O) groups is 1. The van der Waals surface area contributed by atoms with Crippen LogP contribution in [0.15, 0.2) is 67.0 Å². The zero-order chi connectivity index (χ0) is 21.8. The van der Waals surface area contributed by atoms with Crippen molar-refractivity contribution in [3.8, 4) is 33.6 Å². The average molecular weight is 436 g/mol. The van der Waals surface area contributed by atoms with Gasteiger partial charge in [0.1, 0.15) is 4.88 Å². The molecule has 1 N–H and O–H groups in total. The van der Waals surface area contributed by atoms with Crippen molar-refractivity contribution >= 4 is 22.9 Å². The molecule has 0 fully saturated rings. The van der Waals surface area contributed by atoms with E-state index in [1.807, 2.05) is 59.4 Å². The Bertz CT molecular complexity index is 1160. The molecule has 0 saturated heterocycles. The molecule has 0 atom stereocenters. The van der Waals surface area contributed by atoms with Crippen molar-refractivity contribution in [1.82, 2.24) is 9.55 Å². The zero-order valence-electron chi connectivity index (χ0n) is 17.3. The lowest BCUT2D eigenvalue weighted by Crippen LogP contribution is -2.12. The topological polar surface area (TPSA) is 74.6 Å². The molecule has 1 amide bonds. The Labute approximate surface area is 183 Å². The summed E-state index contributed by atoms with van der Waals surface area (Å²) in [5.41, 5.74) is 2.01. The second kappa shape index (κ2) is 8.93. The molecule has 2 heterocycles. The van der Waals surface area contributed by atoms with Gasteiger partial charge in [-0.25, -0.2) is 4.98 Å². The first-order chi connectivity index (χ1) is 15.1. The van der Waals surface area contributed by atoms with Crippen molar-refractivity contribution in [3.63, 3.8) is 0 Å². The first-order valence-electron chi connectivity index (χ1n) is 9.45. The lowest BCUT2D eigenvalue weighted by atomic mass is 10.1. The molecule has 0 aliphatic rings. The summed E-state index contributed by atoms with van der Waals surface area (Å²) in [6.07, 6.45) is 3.79. The maximum atomic E-state index is 13.3. The van der Waals surface area contributed by atoms with Gasteiger partial charge < -0.3 is 24.1 Å². The molecule has 4 rings (SSSR count). The van der Waals surface area contributed by atoms with Crippen LogP contribution in [0.3, 0.4) is 0 Å². The van der Waals surface area contributed by atoms with Crippen LogP contribution in [-0.2, 0) is 0 Å². The average Bonchev–Trinajstić information content (AvgIpc) is 3.49. The maximum absolute atomic E-state index is 13.3. The largest absolute Gasteiger partial charge is 0.493 e. The molecule has 2 aromatic heterocycles. The van der Waals surface area contributed by atoms with Crippen LogP contribution in [0.4, 0.5) is 5.69 Å². The summed E-state index contributed by atoms with van der Waals surface area (Å²) in [6, 6.07) is 16.9. The minimum Gasteiger partial charge on any atom is -0.493 e. The lowest BCUT2D eigenvalue weighted by Gasteiger charge is -2.14. The predicted molar refractivity (Wildman–Crippen MR) is 121 cm³/mol. The van der Waals surface area contributed by atoms with Crippen molar-refractivity contribution in [3.05, 3.63) is 71.9 Å². The molecule has 0 bridgehead atoms. The van der Waals surface area contributed by atoms with Crippen LogP contribution in [0, 0.1) is 0 Å². The van der Waals surface area contributed by atoms with E-state index in [1.54, 1.807) is 12.1 Å². The standard InChI is InChI=1S/C23H21N3O4S/c1-28-17-13-16(14-18(29-2)20(17)30-3)24-22(27)21-19(15-9-5-4-6-10-15)25-23(31-21)26-11-7-8-12-26/h4-14H,1-3H3,(H,24,27). The van der Waals surface area contributed by atoms with E-state index in [0.717, 1.165) is 5.56 Å². The zero-order valence-corrected chi connectivity index (χ0v) is 18.1. The van der Waals surface area contributed by atoms with E-state index in [9.17, 15) is 4.79 Å². The fourth-order valence-corrected chi connectivity index (χ4v) is 4.12. The summed E-state index contributed by atoms with van der Waals surface area (Å²) >= 11 is 1.32. The van der Waals surface area contributed by atoms with E-state index < -0.39 is 0 Å². The predicted octanol–water partition coefficient (Wildman–Crippen LogP) is 4.88. The SMILES string of the molecule is COc1cc(NC(=O)c2sc(-n3cccc3)nc2-c2ccccc2)cc(OC)c1OC. The summed E-state index contributed by atoms with van der Waals surface area (Å²) in [5, 5.41) is 3.64. The van der Waals surface area contributed by atoms with Crippen molar-refractivity contribution in [1.29, 1.82) is 0 Å². The number of ether oxygens (including phenoxy) is 3. The molecular formula is C23H21N3O4S. The molecule has 8 heteroatoms. The molecule has 158 valence electrons. The number of benzene rings is 2. The smallest absolute Gasteiger partial charge is 0.268 e. The van der Waals surface area contributed by atoms with Gasteiger partial charge in [0.05, 0.1) is 27.0 Å². The van der Waals surface area contributed by atoms with Crippen LogP contribution in [-0.4, -0.2) is 36.8 Å². The van der Waals surface area contributed by atoms with Crippen molar-refractivity contribution in [2.75, 3.05) is 26.6 Å². The summed E-state index contributed by atoms with van der Waals surface area (Å²) in [4.78, 5) is 18.5. The molecule has 0 saturated carbocycles. The second-order valence-corrected chi connectivity index (χ2v) is 7.48. The second-order valence-electron chi connectivity index (χ2n) is 6.50. The van der Waals surface area contributed by atoms with Crippen LogP contribution in [0.2, 0.25) is 0 Å². The number of hydrogen-bond acceptors (Lipinski definition) is 6. The van der Waals surface area contributed by atoms with Crippen LogP contribution in [0.5, 0.6) is 17.2 Å². The van der Waals surface area contributed by atoms with Gasteiger partial charge >= 0.3 is 0 Å². The fraction of sp³-hybridized carbons (Fsp3) is 0.130. The van der Waals surface area contributed by atoms with E-state index in [4.69, 9.17) is 19.2 Å². The number of methoxy groups -OCH3 is 3. The highest BCUT2D eigenvalue weighted by molar-refractivity contribution is 7.16. The number of anilines is 1. The first kappa shape index (κ1) is 20.5. The molecule has 0 aliphatic heterocycles. The molecule has 2 aromatic carbocycles. The number of carbonyl (C=O) groups excluding carboxylic acids is 1.